The Labute approximate surface area is 151 Å². The number of aliphatic imine (C=N–C) groups is 1. The monoisotopic (exact) mass is 350 g/mol. The summed E-state index contributed by atoms with van der Waals surface area (Å²) in [5.41, 5.74) is 1.16. The molecule has 0 bridgehead atoms. The highest BCUT2D eigenvalue weighted by Crippen LogP contribution is 2.15. The molecule has 5 heteroatoms. The molecule has 0 aromatic heterocycles. The Hall–Kier alpha value is -1.26. The average molecular weight is 351 g/mol. The Balaban J connectivity index is 1.82. The molecule has 0 saturated carbocycles. The Kier molecular flexibility index (Phi) is 8.40. The van der Waals surface area contributed by atoms with E-state index in [9.17, 15) is 0 Å². The molecule has 2 N–H and O–H groups in total. The van der Waals surface area contributed by atoms with Crippen LogP contribution < -0.4 is 10.6 Å². The van der Waals surface area contributed by atoms with Gasteiger partial charge in [-0.2, -0.15) is 0 Å². The highest BCUT2D eigenvalue weighted by atomic mass is 35.5. The van der Waals surface area contributed by atoms with E-state index in [1.54, 1.807) is 0 Å². The zero-order chi connectivity index (χ0) is 17.2. The van der Waals surface area contributed by atoms with Gasteiger partial charge in [0.25, 0.3) is 0 Å². The summed E-state index contributed by atoms with van der Waals surface area (Å²) in [6, 6.07) is 8.52. The minimum Gasteiger partial charge on any atom is -0.357 e. The maximum absolute atomic E-state index is 6.21. The summed E-state index contributed by atoms with van der Waals surface area (Å²) < 4.78 is 0. The van der Waals surface area contributed by atoms with Crippen molar-refractivity contribution >= 4 is 17.6 Å². The Morgan fingerprint density at radius 1 is 1.25 bits per heavy atom. The summed E-state index contributed by atoms with van der Waals surface area (Å²) in [7, 11) is 0. The first-order valence-corrected chi connectivity index (χ1v) is 9.61. The van der Waals surface area contributed by atoms with Crippen molar-refractivity contribution in [2.75, 3.05) is 32.7 Å². The van der Waals surface area contributed by atoms with Gasteiger partial charge in [-0.25, -0.2) is 0 Å². The van der Waals surface area contributed by atoms with Gasteiger partial charge in [-0.05, 0) is 50.8 Å². The smallest absolute Gasteiger partial charge is 0.191 e. The molecule has 24 heavy (non-hydrogen) atoms. The van der Waals surface area contributed by atoms with Crippen LogP contribution >= 0.6 is 11.6 Å². The molecule has 1 saturated heterocycles. The summed E-state index contributed by atoms with van der Waals surface area (Å²) in [6.45, 7) is 9.57. The number of benzene rings is 1. The fourth-order valence-electron chi connectivity index (χ4n) is 3.12. The van der Waals surface area contributed by atoms with Crippen LogP contribution in [0.15, 0.2) is 29.3 Å². The topological polar surface area (TPSA) is 39.7 Å². The average Bonchev–Trinajstić information content (AvgIpc) is 2.59. The largest absolute Gasteiger partial charge is 0.357 e. The standard InChI is InChI=1S/C19H31ClN4/c1-3-13-24-14-10-17(11-15-24)23-19(21-4-2)22-12-9-16-7-5-6-8-18(16)20/h5-8,17H,3-4,9-15H2,1-2H3,(H2,21,22,23). The molecule has 0 atom stereocenters. The number of hydrogen-bond acceptors (Lipinski definition) is 2. The lowest BCUT2D eigenvalue weighted by atomic mass is 10.1. The molecule has 1 aliphatic heterocycles. The summed E-state index contributed by atoms with van der Waals surface area (Å²) >= 11 is 6.21. The molecule has 1 aliphatic rings. The zero-order valence-corrected chi connectivity index (χ0v) is 15.8. The summed E-state index contributed by atoms with van der Waals surface area (Å²) in [4.78, 5) is 7.28. The van der Waals surface area contributed by atoms with Crippen LogP contribution in [0.4, 0.5) is 0 Å². The Morgan fingerprint density at radius 3 is 2.67 bits per heavy atom. The first-order valence-electron chi connectivity index (χ1n) is 9.23. The summed E-state index contributed by atoms with van der Waals surface area (Å²) in [5, 5.41) is 7.79. The Bertz CT molecular complexity index is 510. The molecule has 0 amide bonds. The van der Waals surface area contributed by atoms with Crippen molar-refractivity contribution in [3.8, 4) is 0 Å². The van der Waals surface area contributed by atoms with Crippen LogP contribution in [-0.4, -0.2) is 49.6 Å². The van der Waals surface area contributed by atoms with Crippen LogP contribution in [0.3, 0.4) is 0 Å². The second-order valence-electron chi connectivity index (χ2n) is 6.36. The van der Waals surface area contributed by atoms with Crippen LogP contribution in [0.5, 0.6) is 0 Å². The van der Waals surface area contributed by atoms with Gasteiger partial charge < -0.3 is 15.5 Å². The maximum Gasteiger partial charge on any atom is 0.191 e. The van der Waals surface area contributed by atoms with E-state index in [2.05, 4.69) is 35.4 Å². The lowest BCUT2D eigenvalue weighted by Gasteiger charge is -2.32. The fourth-order valence-corrected chi connectivity index (χ4v) is 3.35. The van der Waals surface area contributed by atoms with Gasteiger partial charge >= 0.3 is 0 Å². The lowest BCUT2D eigenvalue weighted by molar-refractivity contribution is 0.206. The minimum absolute atomic E-state index is 0.524. The van der Waals surface area contributed by atoms with Gasteiger partial charge in [-0.3, -0.25) is 4.99 Å². The molecule has 1 fully saturated rings. The van der Waals surface area contributed by atoms with Crippen LogP contribution in [0.25, 0.3) is 0 Å². The van der Waals surface area contributed by atoms with Crippen LogP contribution in [-0.2, 0) is 6.42 Å². The second kappa shape index (κ2) is 10.6. The second-order valence-corrected chi connectivity index (χ2v) is 6.77. The first-order chi connectivity index (χ1) is 11.7. The molecule has 134 valence electrons. The number of hydrogen-bond donors (Lipinski definition) is 2. The van der Waals surface area contributed by atoms with E-state index in [-0.39, 0.29) is 0 Å². The number of piperidine rings is 1. The van der Waals surface area contributed by atoms with Crippen molar-refractivity contribution in [2.24, 2.45) is 4.99 Å². The molecule has 1 heterocycles. The Morgan fingerprint density at radius 2 is 2.00 bits per heavy atom. The van der Waals surface area contributed by atoms with Crippen molar-refractivity contribution in [3.63, 3.8) is 0 Å². The maximum atomic E-state index is 6.21. The molecule has 0 radical (unpaired) electrons. The van der Waals surface area contributed by atoms with E-state index in [4.69, 9.17) is 16.6 Å². The van der Waals surface area contributed by atoms with Crippen molar-refractivity contribution in [1.82, 2.24) is 15.5 Å². The van der Waals surface area contributed by atoms with Crippen molar-refractivity contribution in [1.29, 1.82) is 0 Å². The number of halogens is 1. The normalized spacial score (nSPS) is 17.0. The molecule has 0 spiro atoms. The fraction of sp³-hybridized carbons (Fsp3) is 0.632. The number of nitrogens with zero attached hydrogens (tertiary/aromatic N) is 2. The quantitative estimate of drug-likeness (QED) is 0.585. The molecule has 1 aromatic carbocycles. The third kappa shape index (κ3) is 6.33. The van der Waals surface area contributed by atoms with Crippen LogP contribution in [0.1, 0.15) is 38.7 Å². The summed E-state index contributed by atoms with van der Waals surface area (Å²) in [5.74, 6) is 0.929. The van der Waals surface area contributed by atoms with Crippen molar-refractivity contribution in [2.45, 2.75) is 45.6 Å². The molecule has 1 aromatic rings. The molecule has 0 unspecified atom stereocenters. The minimum atomic E-state index is 0.524. The van der Waals surface area contributed by atoms with Crippen LogP contribution in [0.2, 0.25) is 5.02 Å². The molecule has 0 aliphatic carbocycles. The van der Waals surface area contributed by atoms with E-state index in [0.29, 0.717) is 6.04 Å². The van der Waals surface area contributed by atoms with E-state index in [0.717, 1.165) is 36.1 Å². The molecule has 4 nitrogen and oxygen atoms in total. The predicted molar refractivity (Wildman–Crippen MR) is 104 cm³/mol. The van der Waals surface area contributed by atoms with Gasteiger partial charge in [0.05, 0.1) is 0 Å². The molecular weight excluding hydrogens is 320 g/mol. The first kappa shape index (κ1) is 19.1. The van der Waals surface area contributed by atoms with Gasteiger partial charge in [-0.15, -0.1) is 0 Å². The van der Waals surface area contributed by atoms with Gasteiger partial charge in [0.15, 0.2) is 5.96 Å². The van der Waals surface area contributed by atoms with Crippen molar-refractivity contribution in [3.05, 3.63) is 34.9 Å². The molecular formula is C19H31ClN4. The summed E-state index contributed by atoms with van der Waals surface area (Å²) in [6.07, 6.45) is 4.49. The highest BCUT2D eigenvalue weighted by Gasteiger charge is 2.19. The van der Waals surface area contributed by atoms with E-state index >= 15 is 0 Å². The van der Waals surface area contributed by atoms with Crippen LogP contribution in [0, 0.1) is 0 Å². The predicted octanol–water partition coefficient (Wildman–Crippen LogP) is 3.31. The van der Waals surface area contributed by atoms with Gasteiger partial charge in [-0.1, -0.05) is 36.7 Å². The number of likely N-dealkylation sites (tertiary alicyclic amines) is 1. The SMILES string of the molecule is CCCN1CCC(NC(=NCCc2ccccc2Cl)NCC)CC1. The zero-order valence-electron chi connectivity index (χ0n) is 15.0. The van der Waals surface area contributed by atoms with E-state index < -0.39 is 0 Å². The number of guanidine groups is 1. The third-order valence-electron chi connectivity index (χ3n) is 4.42. The third-order valence-corrected chi connectivity index (χ3v) is 4.79. The number of nitrogens with one attached hydrogen (secondary N) is 2. The lowest BCUT2D eigenvalue weighted by Crippen LogP contribution is -2.48. The number of rotatable bonds is 7. The van der Waals surface area contributed by atoms with Crippen molar-refractivity contribution < 1.29 is 0 Å². The van der Waals surface area contributed by atoms with E-state index in [1.807, 2.05) is 18.2 Å². The van der Waals surface area contributed by atoms with E-state index in [1.165, 1.54) is 38.9 Å². The van der Waals surface area contributed by atoms with Gasteiger partial charge in [0.1, 0.15) is 0 Å². The molecule has 2 rings (SSSR count). The highest BCUT2D eigenvalue weighted by molar-refractivity contribution is 6.31. The van der Waals surface area contributed by atoms with Gasteiger partial charge in [0, 0.05) is 37.2 Å². The van der Waals surface area contributed by atoms with Gasteiger partial charge in [0.2, 0.25) is 0 Å².